The Hall–Kier alpha value is -2.09. The summed E-state index contributed by atoms with van der Waals surface area (Å²) in [6.45, 7) is 0. The van der Waals surface area contributed by atoms with Crippen LogP contribution in [-0.2, 0) is 16.4 Å². The van der Waals surface area contributed by atoms with Crippen molar-refractivity contribution < 1.29 is 17.2 Å². The van der Waals surface area contributed by atoms with Crippen LogP contribution in [0.4, 0.5) is 14.5 Å². The van der Waals surface area contributed by atoms with Gasteiger partial charge >= 0.3 is 0 Å². The number of sulfonamides is 1. The predicted octanol–water partition coefficient (Wildman–Crippen LogP) is 1.74. The molecule has 2 aromatic heterocycles. The molecule has 0 aliphatic heterocycles. The van der Waals surface area contributed by atoms with Crippen LogP contribution in [0.1, 0.15) is 5.56 Å². The second kappa shape index (κ2) is 5.91. The van der Waals surface area contributed by atoms with Crippen LogP contribution in [-0.4, -0.2) is 24.1 Å². The maximum absolute atomic E-state index is 13.3. The lowest BCUT2D eigenvalue weighted by molar-refractivity contribution is 0.515. The van der Waals surface area contributed by atoms with Gasteiger partial charge in [-0.2, -0.15) is 13.8 Å². The van der Waals surface area contributed by atoms with Crippen molar-refractivity contribution in [1.82, 2.24) is 9.97 Å². The van der Waals surface area contributed by atoms with Gasteiger partial charge in [-0.25, -0.2) is 8.42 Å². The monoisotopic (exact) mass is 299 g/mol. The van der Waals surface area contributed by atoms with Gasteiger partial charge in [-0.3, -0.25) is 9.71 Å². The molecule has 5 nitrogen and oxygen atoms in total. The summed E-state index contributed by atoms with van der Waals surface area (Å²) in [5.74, 6) is -2.44. The zero-order valence-electron chi connectivity index (χ0n) is 10.3. The van der Waals surface area contributed by atoms with E-state index >= 15 is 0 Å². The van der Waals surface area contributed by atoms with Crippen LogP contribution >= 0.6 is 0 Å². The zero-order chi connectivity index (χ0) is 14.6. The molecule has 2 heterocycles. The number of halogens is 2. The van der Waals surface area contributed by atoms with Gasteiger partial charge in [0.1, 0.15) is 5.69 Å². The molecule has 2 rings (SSSR count). The Balaban J connectivity index is 2.04. The largest absolute Gasteiger partial charge is 0.279 e. The van der Waals surface area contributed by atoms with Crippen molar-refractivity contribution in [3.8, 4) is 0 Å². The van der Waals surface area contributed by atoms with Gasteiger partial charge in [0.05, 0.1) is 5.75 Å². The molecule has 106 valence electrons. The molecule has 2 aromatic rings. The van der Waals surface area contributed by atoms with Crippen LogP contribution in [0.3, 0.4) is 0 Å². The second-order valence-corrected chi connectivity index (χ2v) is 5.84. The van der Waals surface area contributed by atoms with Gasteiger partial charge in [0.15, 0.2) is 0 Å². The van der Waals surface area contributed by atoms with E-state index in [1.54, 1.807) is 24.5 Å². The van der Waals surface area contributed by atoms with Crippen LogP contribution in [0.5, 0.6) is 0 Å². The third-order valence-electron chi connectivity index (χ3n) is 2.49. The average molecular weight is 299 g/mol. The SMILES string of the molecule is O=S(=O)(CCc1ccncc1)Nc1ccc(F)nc1F. The van der Waals surface area contributed by atoms with Crippen molar-refractivity contribution in [2.75, 3.05) is 10.5 Å². The minimum atomic E-state index is -3.74. The van der Waals surface area contributed by atoms with Crippen molar-refractivity contribution >= 4 is 15.7 Å². The number of rotatable bonds is 5. The number of hydrogen-bond donors (Lipinski definition) is 1. The highest BCUT2D eigenvalue weighted by Gasteiger charge is 2.14. The van der Waals surface area contributed by atoms with Gasteiger partial charge in [-0.05, 0) is 36.2 Å². The second-order valence-electron chi connectivity index (χ2n) is 4.00. The molecule has 0 radical (unpaired) electrons. The lowest BCUT2D eigenvalue weighted by atomic mass is 10.2. The number of anilines is 1. The topological polar surface area (TPSA) is 72.0 Å². The van der Waals surface area contributed by atoms with E-state index in [0.717, 1.165) is 17.7 Å². The highest BCUT2D eigenvalue weighted by atomic mass is 32.2. The molecular formula is C12H11F2N3O2S. The van der Waals surface area contributed by atoms with Crippen LogP contribution < -0.4 is 4.72 Å². The molecular weight excluding hydrogens is 288 g/mol. The molecule has 0 atom stereocenters. The van der Waals surface area contributed by atoms with E-state index in [-0.39, 0.29) is 17.9 Å². The van der Waals surface area contributed by atoms with Crippen molar-refractivity contribution in [1.29, 1.82) is 0 Å². The maximum Gasteiger partial charge on any atom is 0.239 e. The normalized spacial score (nSPS) is 11.3. The first kappa shape index (κ1) is 14.3. The molecule has 0 amide bonds. The smallest absolute Gasteiger partial charge is 0.239 e. The number of aromatic nitrogens is 2. The van der Waals surface area contributed by atoms with E-state index in [1.807, 2.05) is 4.72 Å². The Morgan fingerprint density at radius 2 is 1.80 bits per heavy atom. The number of nitrogens with one attached hydrogen (secondary N) is 1. The Labute approximate surface area is 114 Å². The Morgan fingerprint density at radius 3 is 2.45 bits per heavy atom. The molecule has 0 fully saturated rings. The summed E-state index contributed by atoms with van der Waals surface area (Å²) in [5, 5.41) is 0. The van der Waals surface area contributed by atoms with E-state index in [2.05, 4.69) is 9.97 Å². The van der Waals surface area contributed by atoms with Gasteiger partial charge in [-0.1, -0.05) is 0 Å². The molecule has 0 aliphatic rings. The van der Waals surface area contributed by atoms with Gasteiger partial charge in [-0.15, -0.1) is 0 Å². The fourth-order valence-corrected chi connectivity index (χ4v) is 2.60. The Morgan fingerprint density at radius 1 is 1.10 bits per heavy atom. The van der Waals surface area contributed by atoms with E-state index in [1.165, 1.54) is 0 Å². The standard InChI is InChI=1S/C12H11F2N3O2S/c13-11-2-1-10(12(14)16-11)17-20(18,19)8-5-9-3-6-15-7-4-9/h1-4,6-7,17H,5,8H2. The summed E-state index contributed by atoms with van der Waals surface area (Å²) >= 11 is 0. The molecule has 0 saturated heterocycles. The molecule has 0 saturated carbocycles. The van der Waals surface area contributed by atoms with Gasteiger partial charge in [0.25, 0.3) is 0 Å². The van der Waals surface area contributed by atoms with Crippen LogP contribution in [0.25, 0.3) is 0 Å². The lowest BCUT2D eigenvalue weighted by Gasteiger charge is -2.08. The van der Waals surface area contributed by atoms with Crippen molar-refractivity contribution in [3.05, 3.63) is 54.1 Å². The average Bonchev–Trinajstić information content (AvgIpc) is 2.41. The Bertz CT molecular complexity index is 693. The molecule has 0 spiro atoms. The third-order valence-corrected chi connectivity index (χ3v) is 3.76. The molecule has 0 unspecified atom stereocenters. The minimum absolute atomic E-state index is 0.228. The van der Waals surface area contributed by atoms with Crippen molar-refractivity contribution in [3.63, 3.8) is 0 Å². The maximum atomic E-state index is 13.3. The van der Waals surface area contributed by atoms with Gasteiger partial charge < -0.3 is 0 Å². The first-order valence-electron chi connectivity index (χ1n) is 5.68. The van der Waals surface area contributed by atoms with E-state index in [4.69, 9.17) is 0 Å². The first-order chi connectivity index (χ1) is 9.46. The zero-order valence-corrected chi connectivity index (χ0v) is 11.1. The first-order valence-corrected chi connectivity index (χ1v) is 7.33. The van der Waals surface area contributed by atoms with Crippen molar-refractivity contribution in [2.45, 2.75) is 6.42 Å². The summed E-state index contributed by atoms with van der Waals surface area (Å²) in [4.78, 5) is 6.73. The molecule has 1 N–H and O–H groups in total. The summed E-state index contributed by atoms with van der Waals surface area (Å²) in [7, 11) is -3.74. The molecule has 0 aliphatic carbocycles. The Kier molecular flexibility index (Phi) is 4.23. The number of aryl methyl sites for hydroxylation is 1. The highest BCUT2D eigenvalue weighted by Crippen LogP contribution is 2.14. The van der Waals surface area contributed by atoms with Crippen LogP contribution in [0, 0.1) is 11.9 Å². The summed E-state index contributed by atoms with van der Waals surface area (Å²) in [6.07, 6.45) is 3.37. The predicted molar refractivity (Wildman–Crippen MR) is 69.5 cm³/mol. The molecule has 0 aromatic carbocycles. The van der Waals surface area contributed by atoms with Crippen LogP contribution in [0.15, 0.2) is 36.7 Å². The van der Waals surface area contributed by atoms with Gasteiger partial charge in [0.2, 0.25) is 21.9 Å². The van der Waals surface area contributed by atoms with Crippen molar-refractivity contribution in [2.24, 2.45) is 0 Å². The molecule has 0 bridgehead atoms. The summed E-state index contributed by atoms with van der Waals surface area (Å²) in [5.41, 5.74) is 0.421. The number of nitrogens with zero attached hydrogens (tertiary/aromatic N) is 2. The number of pyridine rings is 2. The van der Waals surface area contributed by atoms with Gasteiger partial charge in [0, 0.05) is 12.4 Å². The molecule has 20 heavy (non-hydrogen) atoms. The fourth-order valence-electron chi connectivity index (χ4n) is 1.51. The summed E-state index contributed by atoms with van der Waals surface area (Å²) < 4.78 is 51.5. The fraction of sp³-hybridized carbons (Fsp3) is 0.167. The lowest BCUT2D eigenvalue weighted by Crippen LogP contribution is -2.19. The van der Waals surface area contributed by atoms with E-state index < -0.39 is 21.9 Å². The minimum Gasteiger partial charge on any atom is -0.279 e. The number of hydrogen-bond acceptors (Lipinski definition) is 4. The highest BCUT2D eigenvalue weighted by molar-refractivity contribution is 7.92. The molecule has 8 heteroatoms. The van der Waals surface area contributed by atoms with Crippen LogP contribution in [0.2, 0.25) is 0 Å². The van der Waals surface area contributed by atoms with E-state index in [0.29, 0.717) is 0 Å². The quantitative estimate of drug-likeness (QED) is 0.854. The summed E-state index contributed by atoms with van der Waals surface area (Å²) in [6, 6.07) is 5.25. The third kappa shape index (κ3) is 3.95. The van der Waals surface area contributed by atoms with E-state index in [9.17, 15) is 17.2 Å².